The van der Waals surface area contributed by atoms with Crippen LogP contribution in [0.15, 0.2) is 39.6 Å². The minimum atomic E-state index is -0.135. The number of aromatic nitrogens is 3. The lowest BCUT2D eigenvalue weighted by Crippen LogP contribution is -2.16. The number of para-hydroxylation sites is 2. The van der Waals surface area contributed by atoms with E-state index in [1.807, 2.05) is 30.3 Å². The van der Waals surface area contributed by atoms with E-state index in [4.69, 9.17) is 4.52 Å². The van der Waals surface area contributed by atoms with E-state index in [2.05, 4.69) is 24.0 Å². The summed E-state index contributed by atoms with van der Waals surface area (Å²) in [6.45, 7) is 4.50. The van der Waals surface area contributed by atoms with Gasteiger partial charge in [-0.2, -0.15) is 0 Å². The topological polar surface area (TPSA) is 63.8 Å². The molecule has 5 nitrogen and oxygen atoms in total. The van der Waals surface area contributed by atoms with Crippen molar-refractivity contribution in [2.45, 2.75) is 26.3 Å². The number of imidazole rings is 1. The van der Waals surface area contributed by atoms with Crippen molar-refractivity contribution in [2.24, 2.45) is 0 Å². The number of rotatable bonds is 3. The molecule has 0 bridgehead atoms. The fourth-order valence-electron chi connectivity index (χ4n) is 2.10. The smallest absolute Gasteiger partial charge is 0.326 e. The summed E-state index contributed by atoms with van der Waals surface area (Å²) in [6, 6.07) is 9.50. The number of benzene rings is 1. The lowest BCUT2D eigenvalue weighted by Gasteiger charge is -1.99. The summed E-state index contributed by atoms with van der Waals surface area (Å²) < 4.78 is 6.93. The summed E-state index contributed by atoms with van der Waals surface area (Å²) in [6.07, 6.45) is 0. The van der Waals surface area contributed by atoms with Gasteiger partial charge in [0.1, 0.15) is 0 Å². The molecule has 0 saturated carbocycles. The molecule has 0 unspecified atom stereocenters. The summed E-state index contributed by atoms with van der Waals surface area (Å²) in [5.74, 6) is 1.01. The fourth-order valence-corrected chi connectivity index (χ4v) is 2.10. The largest absolute Gasteiger partial charge is 0.359 e. The molecular formula is C14H15N3O2. The Hall–Kier alpha value is -2.30. The van der Waals surface area contributed by atoms with Gasteiger partial charge in [-0.15, -0.1) is 0 Å². The number of hydrogen-bond donors (Lipinski definition) is 1. The van der Waals surface area contributed by atoms with Crippen molar-refractivity contribution in [1.82, 2.24) is 14.7 Å². The Morgan fingerprint density at radius 3 is 2.89 bits per heavy atom. The summed E-state index contributed by atoms with van der Waals surface area (Å²) in [4.78, 5) is 14.8. The molecule has 0 aliphatic carbocycles. The molecule has 0 aliphatic heterocycles. The lowest BCUT2D eigenvalue weighted by atomic mass is 10.1. The molecule has 3 aromatic rings. The molecule has 2 aromatic heterocycles. The first-order valence-corrected chi connectivity index (χ1v) is 6.28. The number of nitrogens with zero attached hydrogens (tertiary/aromatic N) is 2. The van der Waals surface area contributed by atoms with Gasteiger partial charge in [-0.25, -0.2) is 4.79 Å². The number of H-pyrrole nitrogens is 1. The van der Waals surface area contributed by atoms with Gasteiger partial charge in [0, 0.05) is 6.07 Å². The van der Waals surface area contributed by atoms with E-state index in [-0.39, 0.29) is 5.69 Å². The first kappa shape index (κ1) is 11.8. The maximum absolute atomic E-state index is 11.9. The van der Waals surface area contributed by atoms with Gasteiger partial charge in [-0.1, -0.05) is 31.1 Å². The Kier molecular flexibility index (Phi) is 2.74. The van der Waals surface area contributed by atoms with Gasteiger partial charge in [0.25, 0.3) is 0 Å². The van der Waals surface area contributed by atoms with Crippen LogP contribution in [-0.4, -0.2) is 14.7 Å². The molecule has 2 heterocycles. The predicted molar refractivity (Wildman–Crippen MR) is 72.3 cm³/mol. The van der Waals surface area contributed by atoms with Crippen molar-refractivity contribution in [3.8, 4) is 0 Å². The highest BCUT2D eigenvalue weighted by Crippen LogP contribution is 2.16. The second-order valence-corrected chi connectivity index (χ2v) is 4.91. The highest BCUT2D eigenvalue weighted by atomic mass is 16.5. The van der Waals surface area contributed by atoms with Crippen molar-refractivity contribution in [1.29, 1.82) is 0 Å². The molecule has 19 heavy (non-hydrogen) atoms. The summed E-state index contributed by atoms with van der Waals surface area (Å²) in [7, 11) is 0. The summed E-state index contributed by atoms with van der Waals surface area (Å²) in [5.41, 5.74) is 2.47. The number of hydrogen-bond acceptors (Lipinski definition) is 3. The number of aromatic amines is 1. The minimum absolute atomic E-state index is 0.135. The average molecular weight is 257 g/mol. The van der Waals surface area contributed by atoms with Crippen molar-refractivity contribution in [3.05, 3.63) is 52.3 Å². The first-order valence-electron chi connectivity index (χ1n) is 6.28. The van der Waals surface area contributed by atoms with Crippen LogP contribution < -0.4 is 5.69 Å². The molecule has 3 rings (SSSR count). The third-order valence-corrected chi connectivity index (χ3v) is 3.16. The van der Waals surface area contributed by atoms with Crippen molar-refractivity contribution in [2.75, 3.05) is 0 Å². The molecule has 0 saturated heterocycles. The average Bonchev–Trinajstić information content (AvgIpc) is 2.96. The maximum Gasteiger partial charge on any atom is 0.326 e. The van der Waals surface area contributed by atoms with Crippen LogP contribution in [0.2, 0.25) is 0 Å². The second-order valence-electron chi connectivity index (χ2n) is 4.91. The van der Waals surface area contributed by atoms with Gasteiger partial charge in [-0.3, -0.25) is 4.57 Å². The van der Waals surface area contributed by atoms with E-state index in [1.54, 1.807) is 4.57 Å². The van der Waals surface area contributed by atoms with Crippen molar-refractivity contribution < 1.29 is 4.52 Å². The maximum atomic E-state index is 11.9. The molecule has 0 spiro atoms. The van der Waals surface area contributed by atoms with Crippen LogP contribution in [0.5, 0.6) is 0 Å². The predicted octanol–water partition coefficient (Wildman–Crippen LogP) is 2.49. The third kappa shape index (κ3) is 2.07. The number of fused-ring (bicyclic) bond motifs is 1. The zero-order chi connectivity index (χ0) is 13.4. The molecule has 1 N–H and O–H groups in total. The zero-order valence-electron chi connectivity index (χ0n) is 10.9. The van der Waals surface area contributed by atoms with E-state index in [1.165, 1.54) is 0 Å². The van der Waals surface area contributed by atoms with E-state index in [9.17, 15) is 4.79 Å². The molecule has 0 amide bonds. The van der Waals surface area contributed by atoms with Crippen molar-refractivity contribution in [3.63, 3.8) is 0 Å². The Morgan fingerprint density at radius 1 is 1.37 bits per heavy atom. The molecule has 0 atom stereocenters. The van der Waals surface area contributed by atoms with E-state index in [0.29, 0.717) is 18.2 Å². The van der Waals surface area contributed by atoms with Crippen LogP contribution in [-0.2, 0) is 6.54 Å². The van der Waals surface area contributed by atoms with Crippen molar-refractivity contribution >= 4 is 11.0 Å². The quantitative estimate of drug-likeness (QED) is 0.784. The monoisotopic (exact) mass is 257 g/mol. The minimum Gasteiger partial charge on any atom is -0.359 e. The summed E-state index contributed by atoms with van der Waals surface area (Å²) >= 11 is 0. The molecule has 1 aromatic carbocycles. The standard InChI is InChI=1S/C14H15N3O2/c1-9(2)12-7-10(19-16-12)8-17-13-6-4-3-5-11(13)15-14(17)18/h3-7,9H,8H2,1-2H3,(H,15,18). The highest BCUT2D eigenvalue weighted by molar-refractivity contribution is 5.74. The van der Waals surface area contributed by atoms with Gasteiger partial charge in [-0.05, 0) is 18.1 Å². The molecule has 0 aliphatic rings. The van der Waals surface area contributed by atoms with E-state index >= 15 is 0 Å². The van der Waals surface area contributed by atoms with Gasteiger partial charge >= 0.3 is 5.69 Å². The SMILES string of the molecule is CC(C)c1cc(Cn2c(=O)[nH]c3ccccc32)on1. The highest BCUT2D eigenvalue weighted by Gasteiger charge is 2.11. The van der Waals surface area contributed by atoms with Gasteiger partial charge < -0.3 is 9.51 Å². The van der Waals surface area contributed by atoms with Crippen LogP contribution in [0.25, 0.3) is 11.0 Å². The Balaban J connectivity index is 2.00. The summed E-state index contributed by atoms with van der Waals surface area (Å²) in [5, 5.41) is 4.01. The Morgan fingerprint density at radius 2 is 2.16 bits per heavy atom. The lowest BCUT2D eigenvalue weighted by molar-refractivity contribution is 0.368. The van der Waals surface area contributed by atoms with E-state index < -0.39 is 0 Å². The zero-order valence-corrected chi connectivity index (χ0v) is 10.9. The van der Waals surface area contributed by atoms with Gasteiger partial charge in [0.05, 0.1) is 23.3 Å². The molecule has 0 fully saturated rings. The van der Waals surface area contributed by atoms with Crippen LogP contribution >= 0.6 is 0 Å². The normalized spacial score (nSPS) is 11.5. The van der Waals surface area contributed by atoms with Gasteiger partial charge in [0.2, 0.25) is 0 Å². The second kappa shape index (κ2) is 4.42. The fraction of sp³-hybridized carbons (Fsp3) is 0.286. The van der Waals surface area contributed by atoms with Crippen LogP contribution in [0.3, 0.4) is 0 Å². The Labute approximate surface area is 109 Å². The molecular weight excluding hydrogens is 242 g/mol. The van der Waals surface area contributed by atoms with Crippen LogP contribution in [0.4, 0.5) is 0 Å². The number of nitrogens with one attached hydrogen (secondary N) is 1. The molecule has 5 heteroatoms. The van der Waals surface area contributed by atoms with Gasteiger partial charge in [0.15, 0.2) is 5.76 Å². The molecule has 0 radical (unpaired) electrons. The molecule has 98 valence electrons. The first-order chi connectivity index (χ1) is 9.15. The van der Waals surface area contributed by atoms with E-state index in [0.717, 1.165) is 16.7 Å². The van der Waals surface area contributed by atoms with Crippen LogP contribution in [0, 0.1) is 0 Å². The third-order valence-electron chi connectivity index (χ3n) is 3.16. The van der Waals surface area contributed by atoms with Crippen LogP contribution in [0.1, 0.15) is 31.2 Å². The Bertz CT molecular complexity index is 764.